The Hall–Kier alpha value is -1.03. The van der Waals surface area contributed by atoms with E-state index in [4.69, 9.17) is 0 Å². The van der Waals surface area contributed by atoms with Gasteiger partial charge in [0.15, 0.2) is 0 Å². The first-order chi connectivity index (χ1) is 8.95. The van der Waals surface area contributed by atoms with E-state index in [9.17, 15) is 13.2 Å². The van der Waals surface area contributed by atoms with Crippen LogP contribution in [0.4, 0.5) is 13.2 Å². The molecule has 1 nitrogen and oxygen atoms in total. The minimum Gasteiger partial charge on any atom is -0.310 e. The van der Waals surface area contributed by atoms with Crippen molar-refractivity contribution >= 4 is 0 Å². The number of hydrogen-bond donors (Lipinski definition) is 1. The number of nitrogens with one attached hydrogen (secondary N) is 1. The summed E-state index contributed by atoms with van der Waals surface area (Å²) >= 11 is 0. The lowest BCUT2D eigenvalue weighted by Gasteiger charge is -2.21. The summed E-state index contributed by atoms with van der Waals surface area (Å²) in [4.78, 5) is 0. The van der Waals surface area contributed by atoms with Crippen LogP contribution in [0.25, 0.3) is 0 Å². The highest BCUT2D eigenvalue weighted by Gasteiger charge is 2.21. The molecule has 0 saturated heterocycles. The van der Waals surface area contributed by atoms with Gasteiger partial charge in [-0.3, -0.25) is 0 Å². The molecule has 1 N–H and O–H groups in total. The standard InChI is InChI=1S/C15H22F3N/c1-4-7-19-14(6-5-10(2)3)15-12(17)8-11(16)9-13(15)18/h8-10,14,19H,4-7H2,1-3H3. The predicted octanol–water partition coefficient (Wildman–Crippen LogP) is 4.58. The maximum absolute atomic E-state index is 13.8. The Labute approximate surface area is 113 Å². The molecule has 1 rings (SSSR count). The smallest absolute Gasteiger partial charge is 0.133 e. The van der Waals surface area contributed by atoms with Crippen molar-refractivity contribution in [2.24, 2.45) is 5.92 Å². The highest BCUT2D eigenvalue weighted by molar-refractivity contribution is 5.24. The lowest BCUT2D eigenvalue weighted by atomic mass is 9.96. The normalized spacial score (nSPS) is 13.0. The number of hydrogen-bond acceptors (Lipinski definition) is 1. The van der Waals surface area contributed by atoms with Crippen LogP contribution in [0.3, 0.4) is 0 Å². The zero-order chi connectivity index (χ0) is 14.4. The Morgan fingerprint density at radius 3 is 2.11 bits per heavy atom. The van der Waals surface area contributed by atoms with Gasteiger partial charge in [-0.15, -0.1) is 0 Å². The molecule has 1 aromatic rings. The van der Waals surface area contributed by atoms with Gasteiger partial charge in [0.2, 0.25) is 0 Å². The molecular formula is C15H22F3N. The lowest BCUT2D eigenvalue weighted by Crippen LogP contribution is -2.24. The minimum absolute atomic E-state index is 0.0458. The van der Waals surface area contributed by atoms with Crippen LogP contribution < -0.4 is 5.32 Å². The van der Waals surface area contributed by atoms with Gasteiger partial charge in [0.1, 0.15) is 17.5 Å². The molecule has 1 atom stereocenters. The van der Waals surface area contributed by atoms with E-state index in [2.05, 4.69) is 19.2 Å². The molecule has 4 heteroatoms. The Morgan fingerprint density at radius 2 is 1.63 bits per heavy atom. The minimum atomic E-state index is -0.878. The first kappa shape index (κ1) is 16.0. The van der Waals surface area contributed by atoms with Gasteiger partial charge < -0.3 is 5.32 Å². The first-order valence-corrected chi connectivity index (χ1v) is 6.83. The summed E-state index contributed by atoms with van der Waals surface area (Å²) in [6, 6.07) is 1.09. The van der Waals surface area contributed by atoms with E-state index in [1.807, 2.05) is 6.92 Å². The van der Waals surface area contributed by atoms with Gasteiger partial charge in [0.25, 0.3) is 0 Å². The summed E-state index contributed by atoms with van der Waals surface area (Å²) in [5.74, 6) is -2.04. The van der Waals surface area contributed by atoms with E-state index >= 15 is 0 Å². The molecule has 1 aromatic carbocycles. The molecule has 0 fully saturated rings. The van der Waals surface area contributed by atoms with E-state index in [1.54, 1.807) is 0 Å². The second-order valence-electron chi connectivity index (χ2n) is 5.26. The van der Waals surface area contributed by atoms with Gasteiger partial charge >= 0.3 is 0 Å². The fraction of sp³-hybridized carbons (Fsp3) is 0.600. The van der Waals surface area contributed by atoms with E-state index in [1.165, 1.54) is 0 Å². The Kier molecular flexibility index (Phi) is 6.35. The van der Waals surface area contributed by atoms with Gasteiger partial charge in [-0.2, -0.15) is 0 Å². The molecule has 0 aromatic heterocycles. The topological polar surface area (TPSA) is 12.0 Å². The van der Waals surface area contributed by atoms with E-state index in [-0.39, 0.29) is 5.56 Å². The molecule has 19 heavy (non-hydrogen) atoms. The van der Waals surface area contributed by atoms with Gasteiger partial charge in [0.05, 0.1) is 0 Å². The third kappa shape index (κ3) is 4.86. The van der Waals surface area contributed by atoms with Gasteiger partial charge in [-0.05, 0) is 31.7 Å². The number of halogens is 3. The quantitative estimate of drug-likeness (QED) is 0.766. The summed E-state index contributed by atoms with van der Waals surface area (Å²) in [5.41, 5.74) is -0.0458. The Morgan fingerprint density at radius 1 is 1.05 bits per heavy atom. The van der Waals surface area contributed by atoms with Crippen molar-refractivity contribution < 1.29 is 13.2 Å². The lowest BCUT2D eigenvalue weighted by molar-refractivity contribution is 0.407. The third-order valence-electron chi connectivity index (χ3n) is 3.07. The molecule has 0 aliphatic heterocycles. The van der Waals surface area contributed by atoms with Crippen LogP contribution in [0, 0.1) is 23.4 Å². The fourth-order valence-corrected chi connectivity index (χ4v) is 2.05. The van der Waals surface area contributed by atoms with Crippen LogP contribution in [-0.4, -0.2) is 6.54 Å². The van der Waals surface area contributed by atoms with E-state index < -0.39 is 23.5 Å². The first-order valence-electron chi connectivity index (χ1n) is 6.83. The molecule has 108 valence electrons. The van der Waals surface area contributed by atoms with E-state index in [0.29, 0.717) is 18.9 Å². The van der Waals surface area contributed by atoms with Crippen molar-refractivity contribution in [1.82, 2.24) is 5.32 Å². The summed E-state index contributed by atoms with van der Waals surface area (Å²) in [6.45, 7) is 6.80. The third-order valence-corrected chi connectivity index (χ3v) is 3.07. The summed E-state index contributed by atoms with van der Waals surface area (Å²) in [5, 5.41) is 3.14. The maximum atomic E-state index is 13.8. The van der Waals surface area contributed by atoms with Gasteiger partial charge in [0, 0.05) is 23.7 Å². The molecule has 0 aliphatic carbocycles. The van der Waals surface area contributed by atoms with Crippen molar-refractivity contribution in [3.05, 3.63) is 35.1 Å². The largest absolute Gasteiger partial charge is 0.310 e. The van der Waals surface area contributed by atoms with Crippen molar-refractivity contribution in [2.45, 2.75) is 46.1 Å². The average molecular weight is 273 g/mol. The molecule has 0 aliphatic rings. The van der Waals surface area contributed by atoms with Crippen LogP contribution in [0.2, 0.25) is 0 Å². The monoisotopic (exact) mass is 273 g/mol. The zero-order valence-electron chi connectivity index (χ0n) is 11.8. The van der Waals surface area contributed by atoms with E-state index in [0.717, 1.165) is 25.0 Å². The average Bonchev–Trinajstić information content (AvgIpc) is 2.30. The predicted molar refractivity (Wildman–Crippen MR) is 71.4 cm³/mol. The fourth-order valence-electron chi connectivity index (χ4n) is 2.05. The maximum Gasteiger partial charge on any atom is 0.133 e. The Balaban J connectivity index is 2.95. The highest BCUT2D eigenvalue weighted by Crippen LogP contribution is 2.27. The van der Waals surface area contributed by atoms with Crippen LogP contribution in [0.5, 0.6) is 0 Å². The molecule has 0 heterocycles. The van der Waals surface area contributed by atoms with Crippen LogP contribution >= 0.6 is 0 Å². The summed E-state index contributed by atoms with van der Waals surface area (Å²) in [6.07, 6.45) is 2.37. The number of benzene rings is 1. The van der Waals surface area contributed by atoms with Crippen LogP contribution in [0.15, 0.2) is 12.1 Å². The summed E-state index contributed by atoms with van der Waals surface area (Å²) in [7, 11) is 0. The van der Waals surface area contributed by atoms with Crippen LogP contribution in [-0.2, 0) is 0 Å². The highest BCUT2D eigenvalue weighted by atomic mass is 19.1. The summed E-state index contributed by atoms with van der Waals surface area (Å²) < 4.78 is 40.5. The van der Waals surface area contributed by atoms with Crippen molar-refractivity contribution in [1.29, 1.82) is 0 Å². The SMILES string of the molecule is CCCNC(CCC(C)C)c1c(F)cc(F)cc1F. The second-order valence-corrected chi connectivity index (χ2v) is 5.26. The molecule has 1 unspecified atom stereocenters. The molecule has 0 amide bonds. The molecule has 0 spiro atoms. The molecule has 0 saturated carbocycles. The zero-order valence-corrected chi connectivity index (χ0v) is 11.8. The van der Waals surface area contributed by atoms with Crippen LogP contribution in [0.1, 0.15) is 51.6 Å². The van der Waals surface area contributed by atoms with Crippen molar-refractivity contribution in [3.63, 3.8) is 0 Å². The molecular weight excluding hydrogens is 251 g/mol. The number of rotatable bonds is 7. The Bertz CT molecular complexity index is 381. The van der Waals surface area contributed by atoms with Gasteiger partial charge in [-0.1, -0.05) is 20.8 Å². The van der Waals surface area contributed by atoms with Crippen molar-refractivity contribution in [3.8, 4) is 0 Å². The molecule has 0 radical (unpaired) electrons. The second kappa shape index (κ2) is 7.53. The molecule has 0 bridgehead atoms. The van der Waals surface area contributed by atoms with Gasteiger partial charge in [-0.25, -0.2) is 13.2 Å². The van der Waals surface area contributed by atoms with Crippen molar-refractivity contribution in [2.75, 3.05) is 6.54 Å².